The standard InChI is InChI=1S/C20H21N7/c1-3-22-13-10-15(2)23-18-24-17(16-8-5-4-6-9-16)25-19(26-18)27-20(14-21)11-7-12-20/h3-6,8-10,13H,1,7,11-12H2,2H3,(H2,23,24,25,26,27)/b15-10+,22-13-. The van der Waals surface area contributed by atoms with Crippen LogP contribution in [0.1, 0.15) is 26.2 Å². The lowest BCUT2D eigenvalue weighted by Crippen LogP contribution is -2.44. The highest BCUT2D eigenvalue weighted by Crippen LogP contribution is 2.34. The molecule has 0 aliphatic heterocycles. The van der Waals surface area contributed by atoms with Crippen molar-refractivity contribution in [1.29, 1.82) is 5.26 Å². The minimum atomic E-state index is -0.589. The molecule has 3 rings (SSSR count). The molecule has 1 aromatic carbocycles. The largest absolute Gasteiger partial charge is 0.336 e. The Morgan fingerprint density at radius 3 is 2.59 bits per heavy atom. The Kier molecular flexibility index (Phi) is 5.57. The van der Waals surface area contributed by atoms with Gasteiger partial charge in [-0.1, -0.05) is 36.9 Å². The Bertz CT molecular complexity index is 906. The van der Waals surface area contributed by atoms with E-state index in [0.717, 1.165) is 30.5 Å². The molecule has 1 aliphatic carbocycles. The summed E-state index contributed by atoms with van der Waals surface area (Å²) in [5.41, 5.74) is 1.10. The van der Waals surface area contributed by atoms with Gasteiger partial charge < -0.3 is 10.6 Å². The molecule has 1 heterocycles. The van der Waals surface area contributed by atoms with Gasteiger partial charge in [-0.3, -0.25) is 4.99 Å². The number of nitriles is 1. The predicted octanol–water partition coefficient (Wildman–Crippen LogP) is 3.93. The minimum Gasteiger partial charge on any atom is -0.336 e. The van der Waals surface area contributed by atoms with E-state index in [1.165, 1.54) is 6.20 Å². The second-order valence-electron chi connectivity index (χ2n) is 6.30. The van der Waals surface area contributed by atoms with E-state index in [1.54, 1.807) is 12.3 Å². The SMILES string of the molecule is C=C/N=C\C=C(/C)Nc1nc(NC2(C#N)CCC2)nc(-c2ccccc2)n1. The molecule has 1 saturated carbocycles. The van der Waals surface area contributed by atoms with Crippen molar-refractivity contribution in [3.63, 3.8) is 0 Å². The van der Waals surface area contributed by atoms with Gasteiger partial charge in [0.1, 0.15) is 5.54 Å². The van der Waals surface area contributed by atoms with Crippen LogP contribution < -0.4 is 10.6 Å². The maximum absolute atomic E-state index is 9.49. The van der Waals surface area contributed by atoms with Gasteiger partial charge >= 0.3 is 0 Å². The molecular formula is C20H21N7. The van der Waals surface area contributed by atoms with E-state index in [4.69, 9.17) is 0 Å². The summed E-state index contributed by atoms with van der Waals surface area (Å²) in [6.45, 7) is 5.42. The van der Waals surface area contributed by atoms with Gasteiger partial charge in [0.15, 0.2) is 5.82 Å². The molecule has 1 fully saturated rings. The van der Waals surface area contributed by atoms with E-state index >= 15 is 0 Å². The molecule has 7 heteroatoms. The Balaban J connectivity index is 1.93. The van der Waals surface area contributed by atoms with Gasteiger partial charge in [-0.25, -0.2) is 0 Å². The van der Waals surface area contributed by atoms with Crippen LogP contribution in [0.5, 0.6) is 0 Å². The van der Waals surface area contributed by atoms with Gasteiger partial charge in [-0.15, -0.1) is 0 Å². The lowest BCUT2D eigenvalue weighted by atomic mass is 9.78. The molecule has 0 saturated heterocycles. The Morgan fingerprint density at radius 1 is 1.22 bits per heavy atom. The minimum absolute atomic E-state index is 0.389. The Morgan fingerprint density at radius 2 is 1.96 bits per heavy atom. The predicted molar refractivity (Wildman–Crippen MR) is 107 cm³/mol. The van der Waals surface area contributed by atoms with Gasteiger partial charge in [-0.2, -0.15) is 20.2 Å². The maximum Gasteiger partial charge on any atom is 0.232 e. The molecule has 2 N–H and O–H groups in total. The van der Waals surface area contributed by atoms with Crippen LogP contribution in [0, 0.1) is 11.3 Å². The number of aromatic nitrogens is 3. The van der Waals surface area contributed by atoms with Crippen LogP contribution in [-0.2, 0) is 0 Å². The van der Waals surface area contributed by atoms with E-state index in [0.29, 0.717) is 17.7 Å². The van der Waals surface area contributed by atoms with Crippen molar-refractivity contribution in [2.24, 2.45) is 4.99 Å². The van der Waals surface area contributed by atoms with Gasteiger partial charge in [0, 0.05) is 23.7 Å². The second kappa shape index (κ2) is 8.23. The third kappa shape index (κ3) is 4.55. The molecular weight excluding hydrogens is 338 g/mol. The summed E-state index contributed by atoms with van der Waals surface area (Å²) in [6.07, 6.45) is 7.48. The summed E-state index contributed by atoms with van der Waals surface area (Å²) in [4.78, 5) is 17.4. The number of anilines is 2. The lowest BCUT2D eigenvalue weighted by Gasteiger charge is -2.35. The molecule has 0 radical (unpaired) electrons. The molecule has 0 atom stereocenters. The molecule has 27 heavy (non-hydrogen) atoms. The molecule has 1 aliphatic rings. The second-order valence-corrected chi connectivity index (χ2v) is 6.30. The van der Waals surface area contributed by atoms with E-state index in [1.807, 2.05) is 37.3 Å². The Hall–Kier alpha value is -3.53. The quantitative estimate of drug-likeness (QED) is 0.727. The zero-order chi connectivity index (χ0) is 19.1. The van der Waals surface area contributed by atoms with Crippen LogP contribution in [0.3, 0.4) is 0 Å². The number of hydrogen-bond donors (Lipinski definition) is 2. The fraction of sp³-hybridized carbons (Fsp3) is 0.250. The molecule has 0 unspecified atom stereocenters. The highest BCUT2D eigenvalue weighted by molar-refractivity contribution is 5.73. The lowest BCUT2D eigenvalue weighted by molar-refractivity contribution is 0.354. The average molecular weight is 359 g/mol. The monoisotopic (exact) mass is 359 g/mol. The first-order valence-corrected chi connectivity index (χ1v) is 8.73. The molecule has 1 aromatic heterocycles. The third-order valence-corrected chi connectivity index (χ3v) is 4.26. The van der Waals surface area contributed by atoms with Crippen molar-refractivity contribution >= 4 is 18.1 Å². The number of aliphatic imine (C=N–C) groups is 1. The fourth-order valence-corrected chi connectivity index (χ4v) is 2.65. The van der Waals surface area contributed by atoms with Crippen LogP contribution in [0.2, 0.25) is 0 Å². The third-order valence-electron chi connectivity index (χ3n) is 4.26. The summed E-state index contributed by atoms with van der Waals surface area (Å²) < 4.78 is 0. The molecule has 2 aromatic rings. The summed E-state index contributed by atoms with van der Waals surface area (Å²) in [5, 5.41) is 15.8. The molecule has 7 nitrogen and oxygen atoms in total. The number of nitrogens with zero attached hydrogens (tertiary/aromatic N) is 5. The van der Waals surface area contributed by atoms with Crippen LogP contribution in [0.4, 0.5) is 11.9 Å². The van der Waals surface area contributed by atoms with E-state index in [2.05, 4.69) is 43.2 Å². The molecule has 0 bridgehead atoms. The summed E-state index contributed by atoms with van der Waals surface area (Å²) >= 11 is 0. The topological polar surface area (TPSA) is 98.9 Å². The van der Waals surface area contributed by atoms with Crippen molar-refractivity contribution in [3.8, 4) is 17.5 Å². The maximum atomic E-state index is 9.49. The first-order chi connectivity index (χ1) is 13.1. The number of allylic oxidation sites excluding steroid dienone is 2. The average Bonchev–Trinajstić information content (AvgIpc) is 2.65. The van der Waals surface area contributed by atoms with Crippen molar-refractivity contribution < 1.29 is 0 Å². The van der Waals surface area contributed by atoms with Gasteiger partial charge in [-0.05, 0) is 32.3 Å². The van der Waals surface area contributed by atoms with Crippen molar-refractivity contribution in [2.45, 2.75) is 31.7 Å². The zero-order valence-electron chi connectivity index (χ0n) is 15.2. The van der Waals surface area contributed by atoms with E-state index < -0.39 is 5.54 Å². The molecule has 0 amide bonds. The summed E-state index contributed by atoms with van der Waals surface area (Å²) in [5.74, 6) is 1.33. The zero-order valence-corrected chi connectivity index (χ0v) is 15.2. The van der Waals surface area contributed by atoms with Crippen molar-refractivity contribution in [2.75, 3.05) is 10.6 Å². The molecule has 0 spiro atoms. The van der Waals surface area contributed by atoms with Crippen LogP contribution in [0.15, 0.2) is 59.9 Å². The fourth-order valence-electron chi connectivity index (χ4n) is 2.65. The van der Waals surface area contributed by atoms with Crippen LogP contribution in [0.25, 0.3) is 11.4 Å². The van der Waals surface area contributed by atoms with Crippen LogP contribution in [-0.4, -0.2) is 26.7 Å². The van der Waals surface area contributed by atoms with Gasteiger partial charge in [0.25, 0.3) is 0 Å². The first-order valence-electron chi connectivity index (χ1n) is 8.73. The first kappa shape index (κ1) is 18.3. The number of hydrogen-bond acceptors (Lipinski definition) is 7. The highest BCUT2D eigenvalue weighted by atomic mass is 15.2. The number of nitrogens with one attached hydrogen (secondary N) is 2. The van der Waals surface area contributed by atoms with E-state index in [9.17, 15) is 5.26 Å². The highest BCUT2D eigenvalue weighted by Gasteiger charge is 2.38. The normalized spacial score (nSPS) is 15.6. The van der Waals surface area contributed by atoms with Crippen molar-refractivity contribution in [3.05, 3.63) is 54.9 Å². The molecule has 136 valence electrons. The number of benzene rings is 1. The summed E-state index contributed by atoms with van der Waals surface area (Å²) in [7, 11) is 0. The van der Waals surface area contributed by atoms with Crippen LogP contribution >= 0.6 is 0 Å². The van der Waals surface area contributed by atoms with E-state index in [-0.39, 0.29) is 0 Å². The smallest absolute Gasteiger partial charge is 0.232 e. The summed E-state index contributed by atoms with van der Waals surface area (Å²) in [6, 6.07) is 12.0. The van der Waals surface area contributed by atoms with Crippen molar-refractivity contribution in [1.82, 2.24) is 15.0 Å². The van der Waals surface area contributed by atoms with Gasteiger partial charge in [0.2, 0.25) is 11.9 Å². The van der Waals surface area contributed by atoms with Gasteiger partial charge in [0.05, 0.1) is 6.07 Å². The Labute approximate surface area is 158 Å². The number of rotatable bonds is 7.